The van der Waals surface area contributed by atoms with E-state index in [9.17, 15) is 9.90 Å². The normalized spacial score (nSPS) is 26.3. The van der Waals surface area contributed by atoms with Crippen molar-refractivity contribution in [1.82, 2.24) is 24.5 Å². The first-order chi connectivity index (χ1) is 14.9. The first-order valence-corrected chi connectivity index (χ1v) is 11.0. The molecule has 8 heteroatoms. The highest BCUT2D eigenvalue weighted by molar-refractivity contribution is 5.39. The third kappa shape index (κ3) is 3.97. The maximum Gasteiger partial charge on any atom is 0.272 e. The van der Waals surface area contributed by atoms with E-state index in [4.69, 9.17) is 4.74 Å². The minimum Gasteiger partial charge on any atom is -0.486 e. The van der Waals surface area contributed by atoms with Crippen molar-refractivity contribution in [2.24, 2.45) is 11.8 Å². The monoisotopic (exact) mass is 423 g/mol. The van der Waals surface area contributed by atoms with E-state index < -0.39 is 6.10 Å². The van der Waals surface area contributed by atoms with E-state index in [0.717, 1.165) is 54.5 Å². The highest BCUT2D eigenvalue weighted by Gasteiger charge is 2.42. The van der Waals surface area contributed by atoms with E-state index in [-0.39, 0.29) is 11.7 Å². The third-order valence-electron chi connectivity index (χ3n) is 6.63. The first kappa shape index (κ1) is 20.2. The highest BCUT2D eigenvalue weighted by atomic mass is 16.5. The molecule has 4 heterocycles. The number of aromatic nitrogens is 4. The number of hydrogen-bond donors (Lipinski definition) is 2. The fourth-order valence-corrected chi connectivity index (χ4v) is 5.18. The van der Waals surface area contributed by atoms with Gasteiger partial charge in [0.05, 0.1) is 17.5 Å². The number of aromatic amines is 1. The van der Waals surface area contributed by atoms with Crippen LogP contribution >= 0.6 is 0 Å². The Balaban J connectivity index is 1.27. The lowest BCUT2D eigenvalue weighted by Crippen LogP contribution is -2.42. The van der Waals surface area contributed by atoms with Gasteiger partial charge in [0.15, 0.2) is 5.65 Å². The lowest BCUT2D eigenvalue weighted by Gasteiger charge is -2.35. The predicted molar refractivity (Wildman–Crippen MR) is 116 cm³/mol. The summed E-state index contributed by atoms with van der Waals surface area (Å²) in [5.74, 6) is 1.65. The summed E-state index contributed by atoms with van der Waals surface area (Å²) in [4.78, 5) is 23.8. The van der Waals surface area contributed by atoms with Gasteiger partial charge in [0.25, 0.3) is 5.56 Å². The molecule has 0 aromatic carbocycles. The molecule has 0 bridgehead atoms. The van der Waals surface area contributed by atoms with Crippen molar-refractivity contribution >= 4 is 5.65 Å². The number of aliphatic hydroxyl groups excluding tert-OH is 1. The summed E-state index contributed by atoms with van der Waals surface area (Å²) in [5.41, 5.74) is 4.08. The van der Waals surface area contributed by atoms with Gasteiger partial charge in [0, 0.05) is 43.2 Å². The van der Waals surface area contributed by atoms with Gasteiger partial charge < -0.3 is 9.84 Å². The molecule has 8 nitrogen and oxygen atoms in total. The largest absolute Gasteiger partial charge is 0.486 e. The molecule has 5 rings (SSSR count). The lowest BCUT2D eigenvalue weighted by atomic mass is 9.78. The maximum absolute atomic E-state index is 12.4. The summed E-state index contributed by atoms with van der Waals surface area (Å²) in [5, 5.41) is 13.7. The second kappa shape index (κ2) is 7.76. The Labute approximate surface area is 180 Å². The molecule has 2 aliphatic rings. The van der Waals surface area contributed by atoms with Crippen LogP contribution in [0.15, 0.2) is 29.1 Å². The first-order valence-electron chi connectivity index (χ1n) is 11.0. The molecule has 0 unspecified atom stereocenters. The van der Waals surface area contributed by atoms with Crippen molar-refractivity contribution in [3.05, 3.63) is 57.4 Å². The molecule has 0 radical (unpaired) electrons. The molecule has 1 saturated carbocycles. The number of aryl methyl sites for hydroxylation is 3. The van der Waals surface area contributed by atoms with E-state index in [1.165, 1.54) is 4.52 Å². The average molecular weight is 424 g/mol. The molecule has 3 aromatic heterocycles. The maximum atomic E-state index is 12.4. The molecule has 1 aliphatic heterocycles. The molecule has 2 N–H and O–H groups in total. The number of H-pyrrole nitrogens is 1. The van der Waals surface area contributed by atoms with E-state index in [2.05, 4.69) is 20.0 Å². The van der Waals surface area contributed by atoms with Crippen molar-refractivity contribution in [3.63, 3.8) is 0 Å². The van der Waals surface area contributed by atoms with Crippen LogP contribution in [-0.2, 0) is 6.54 Å². The van der Waals surface area contributed by atoms with E-state index in [1.807, 2.05) is 39.0 Å². The van der Waals surface area contributed by atoms with Crippen molar-refractivity contribution < 1.29 is 9.84 Å². The number of ether oxygens (including phenoxy) is 1. The smallest absolute Gasteiger partial charge is 0.272 e. The van der Waals surface area contributed by atoms with Gasteiger partial charge in [-0.05, 0) is 57.6 Å². The van der Waals surface area contributed by atoms with E-state index in [0.29, 0.717) is 24.0 Å². The number of nitrogens with zero attached hydrogens (tertiary/aromatic N) is 4. The molecule has 4 atom stereocenters. The van der Waals surface area contributed by atoms with Crippen LogP contribution in [0.4, 0.5) is 0 Å². The average Bonchev–Trinajstić information content (AvgIpc) is 3.26. The van der Waals surface area contributed by atoms with Crippen LogP contribution < -0.4 is 10.3 Å². The van der Waals surface area contributed by atoms with Crippen molar-refractivity contribution in [3.8, 4) is 5.75 Å². The van der Waals surface area contributed by atoms with Crippen LogP contribution in [0.5, 0.6) is 5.75 Å². The Morgan fingerprint density at radius 2 is 1.90 bits per heavy atom. The summed E-state index contributed by atoms with van der Waals surface area (Å²) in [6.07, 6.45) is 0.855. The molecule has 1 saturated heterocycles. The zero-order valence-corrected chi connectivity index (χ0v) is 18.2. The Morgan fingerprint density at radius 3 is 2.68 bits per heavy atom. The van der Waals surface area contributed by atoms with Crippen LogP contribution in [0.1, 0.15) is 35.6 Å². The van der Waals surface area contributed by atoms with Crippen molar-refractivity contribution in [2.75, 3.05) is 13.1 Å². The fraction of sp³-hybridized carbons (Fsp3) is 0.522. The Morgan fingerprint density at radius 1 is 1.13 bits per heavy atom. The van der Waals surface area contributed by atoms with Crippen molar-refractivity contribution in [2.45, 2.75) is 52.4 Å². The fourth-order valence-electron chi connectivity index (χ4n) is 5.18. The summed E-state index contributed by atoms with van der Waals surface area (Å²) in [7, 11) is 0. The second-order valence-electron chi connectivity index (χ2n) is 9.16. The second-order valence-corrected chi connectivity index (χ2v) is 9.16. The number of pyridine rings is 1. The zero-order chi connectivity index (χ0) is 21.7. The Hall–Kier alpha value is -2.71. The minimum atomic E-state index is -0.483. The molecule has 0 spiro atoms. The van der Waals surface area contributed by atoms with Crippen LogP contribution in [0.2, 0.25) is 0 Å². The summed E-state index contributed by atoms with van der Waals surface area (Å²) in [6.45, 7) is 8.29. The van der Waals surface area contributed by atoms with Gasteiger partial charge in [0.2, 0.25) is 0 Å². The Kier molecular flexibility index (Phi) is 5.06. The lowest BCUT2D eigenvalue weighted by molar-refractivity contribution is -0.0236. The number of rotatable bonds is 4. The van der Waals surface area contributed by atoms with Gasteiger partial charge in [-0.15, -0.1) is 0 Å². The molecule has 164 valence electrons. The van der Waals surface area contributed by atoms with Gasteiger partial charge in [-0.1, -0.05) is 0 Å². The standard InChI is InChI=1S/C23H29N5O3/c1-13-4-5-20(15(3)24-13)31-21-8-17-11-27(10-16(17)7-19(21)29)12-18-9-23(30)28-22(25-18)6-14(2)26-28/h4-6,9,16-17,19,21,26,29H,7-8,10-12H2,1-3H3/t16-,17+,19+,21+/m0/s1. The molecule has 2 fully saturated rings. The quantitative estimate of drug-likeness (QED) is 0.666. The van der Waals surface area contributed by atoms with Gasteiger partial charge >= 0.3 is 0 Å². The van der Waals surface area contributed by atoms with E-state index >= 15 is 0 Å². The van der Waals surface area contributed by atoms with Gasteiger partial charge in [-0.3, -0.25) is 19.8 Å². The number of likely N-dealkylation sites (tertiary alicyclic amines) is 1. The van der Waals surface area contributed by atoms with Gasteiger partial charge in [0.1, 0.15) is 11.9 Å². The number of aliphatic hydroxyl groups is 1. The van der Waals surface area contributed by atoms with Crippen LogP contribution in [-0.4, -0.2) is 54.9 Å². The molecule has 0 amide bonds. The number of nitrogens with one attached hydrogen (secondary N) is 1. The molecule has 3 aromatic rings. The van der Waals surface area contributed by atoms with Crippen molar-refractivity contribution in [1.29, 1.82) is 0 Å². The molecular weight excluding hydrogens is 394 g/mol. The van der Waals surface area contributed by atoms with E-state index in [1.54, 1.807) is 6.07 Å². The van der Waals surface area contributed by atoms with Crippen LogP contribution in [0.3, 0.4) is 0 Å². The predicted octanol–water partition coefficient (Wildman–Crippen LogP) is 1.99. The SMILES string of the molecule is Cc1ccc(O[C@@H]2C[C@@H]3CN(Cc4cc(=O)n5[nH]c(C)cc5n4)C[C@@H]3C[C@H]2O)c(C)n1. The molecular formula is C23H29N5O3. The number of fused-ring (bicyclic) bond motifs is 2. The molecule has 31 heavy (non-hydrogen) atoms. The highest BCUT2D eigenvalue weighted by Crippen LogP contribution is 2.38. The topological polar surface area (TPSA) is 95.8 Å². The summed E-state index contributed by atoms with van der Waals surface area (Å²) >= 11 is 0. The third-order valence-corrected chi connectivity index (χ3v) is 6.63. The summed E-state index contributed by atoms with van der Waals surface area (Å²) < 4.78 is 7.67. The minimum absolute atomic E-state index is 0.0873. The Bertz CT molecular complexity index is 1170. The van der Waals surface area contributed by atoms with Gasteiger partial charge in [-0.2, -0.15) is 0 Å². The van der Waals surface area contributed by atoms with Gasteiger partial charge in [-0.25, -0.2) is 9.50 Å². The number of hydrogen-bond acceptors (Lipinski definition) is 6. The molecule has 1 aliphatic carbocycles. The van der Waals surface area contributed by atoms with Crippen LogP contribution in [0, 0.1) is 32.6 Å². The van der Waals surface area contributed by atoms with Crippen LogP contribution in [0.25, 0.3) is 5.65 Å². The summed E-state index contributed by atoms with van der Waals surface area (Å²) in [6, 6.07) is 7.38. The zero-order valence-electron chi connectivity index (χ0n) is 18.2.